The highest BCUT2D eigenvalue weighted by atomic mass is 16.5. The molecular weight excluding hydrogens is 328 g/mol. The number of fused-ring (bicyclic) bond motifs is 1. The lowest BCUT2D eigenvalue weighted by Gasteiger charge is -2.09. The van der Waals surface area contributed by atoms with Gasteiger partial charge in [0.1, 0.15) is 5.82 Å². The fourth-order valence-electron chi connectivity index (χ4n) is 2.71. The van der Waals surface area contributed by atoms with Gasteiger partial charge in [-0.1, -0.05) is 24.3 Å². The lowest BCUT2D eigenvalue weighted by Crippen LogP contribution is -2.13. The SMILES string of the molecule is COc1ccc(C(=O)Nc2ccccc2-c2nc3ccccc3[nH]2)cn1. The largest absolute Gasteiger partial charge is 0.481 e. The molecule has 2 aromatic carbocycles. The molecule has 2 heterocycles. The van der Waals surface area contributed by atoms with Crippen LogP contribution in [0.1, 0.15) is 10.4 Å². The van der Waals surface area contributed by atoms with Crippen LogP contribution in [0.15, 0.2) is 66.9 Å². The number of aromatic amines is 1. The molecular formula is C20H16N4O2. The van der Waals surface area contributed by atoms with Crippen LogP contribution in [-0.4, -0.2) is 28.0 Å². The maximum absolute atomic E-state index is 12.5. The van der Waals surface area contributed by atoms with E-state index in [0.29, 0.717) is 23.0 Å². The highest BCUT2D eigenvalue weighted by Gasteiger charge is 2.13. The minimum absolute atomic E-state index is 0.247. The zero-order chi connectivity index (χ0) is 17.9. The van der Waals surface area contributed by atoms with Gasteiger partial charge in [0, 0.05) is 17.8 Å². The summed E-state index contributed by atoms with van der Waals surface area (Å²) in [6, 6.07) is 18.7. The summed E-state index contributed by atoms with van der Waals surface area (Å²) < 4.78 is 5.02. The second kappa shape index (κ2) is 6.68. The Morgan fingerprint density at radius 2 is 1.85 bits per heavy atom. The maximum atomic E-state index is 12.5. The molecule has 2 N–H and O–H groups in total. The molecule has 0 radical (unpaired) electrons. The zero-order valence-electron chi connectivity index (χ0n) is 14.1. The van der Waals surface area contributed by atoms with Gasteiger partial charge in [-0.15, -0.1) is 0 Å². The number of para-hydroxylation sites is 3. The van der Waals surface area contributed by atoms with Crippen molar-refractivity contribution in [3.63, 3.8) is 0 Å². The normalized spacial score (nSPS) is 10.7. The van der Waals surface area contributed by atoms with Crippen LogP contribution in [0.25, 0.3) is 22.4 Å². The third-order valence-corrected chi connectivity index (χ3v) is 4.03. The summed E-state index contributed by atoms with van der Waals surface area (Å²) in [6.07, 6.45) is 1.48. The maximum Gasteiger partial charge on any atom is 0.257 e. The first-order chi connectivity index (χ1) is 12.7. The summed E-state index contributed by atoms with van der Waals surface area (Å²) in [4.78, 5) is 24.5. The first-order valence-corrected chi connectivity index (χ1v) is 8.10. The number of carbonyl (C=O) groups is 1. The van der Waals surface area contributed by atoms with Gasteiger partial charge in [-0.2, -0.15) is 0 Å². The van der Waals surface area contributed by atoms with Gasteiger partial charge in [-0.25, -0.2) is 9.97 Å². The molecule has 0 unspecified atom stereocenters. The number of anilines is 1. The van der Waals surface area contributed by atoms with Crippen molar-refractivity contribution < 1.29 is 9.53 Å². The van der Waals surface area contributed by atoms with Crippen molar-refractivity contribution >= 4 is 22.6 Å². The minimum Gasteiger partial charge on any atom is -0.481 e. The zero-order valence-corrected chi connectivity index (χ0v) is 14.1. The number of methoxy groups -OCH3 is 1. The van der Waals surface area contributed by atoms with Gasteiger partial charge in [0.05, 0.1) is 29.4 Å². The standard InChI is InChI=1S/C20H16N4O2/c1-26-18-11-10-13(12-21-18)20(25)24-15-7-3-2-6-14(15)19-22-16-8-4-5-9-17(16)23-19/h2-12H,1H3,(H,22,23)(H,24,25). The number of benzene rings is 2. The van der Waals surface area contributed by atoms with E-state index in [2.05, 4.69) is 20.3 Å². The van der Waals surface area contributed by atoms with E-state index in [1.54, 1.807) is 12.1 Å². The predicted octanol–water partition coefficient (Wildman–Crippen LogP) is 3.89. The van der Waals surface area contributed by atoms with Crippen LogP contribution in [0, 0.1) is 0 Å². The average Bonchev–Trinajstić information content (AvgIpc) is 3.12. The number of nitrogens with zero attached hydrogens (tertiary/aromatic N) is 2. The molecule has 0 aliphatic carbocycles. The Balaban J connectivity index is 1.66. The van der Waals surface area contributed by atoms with Crippen LogP contribution in [0.4, 0.5) is 5.69 Å². The van der Waals surface area contributed by atoms with Crippen molar-refractivity contribution in [2.45, 2.75) is 0 Å². The first kappa shape index (κ1) is 15.8. The molecule has 0 atom stereocenters. The number of H-pyrrole nitrogens is 1. The van der Waals surface area contributed by atoms with Crippen molar-refractivity contribution in [3.05, 3.63) is 72.4 Å². The molecule has 4 rings (SSSR count). The second-order valence-electron chi connectivity index (χ2n) is 5.69. The number of rotatable bonds is 4. The van der Waals surface area contributed by atoms with Crippen molar-refractivity contribution in [1.82, 2.24) is 15.0 Å². The van der Waals surface area contributed by atoms with E-state index in [1.165, 1.54) is 13.3 Å². The van der Waals surface area contributed by atoms with E-state index in [9.17, 15) is 4.79 Å². The Hall–Kier alpha value is -3.67. The van der Waals surface area contributed by atoms with Gasteiger partial charge < -0.3 is 15.0 Å². The van der Waals surface area contributed by atoms with Gasteiger partial charge in [0.15, 0.2) is 0 Å². The lowest BCUT2D eigenvalue weighted by atomic mass is 10.1. The number of imidazole rings is 1. The van der Waals surface area contributed by atoms with Crippen LogP contribution in [0.3, 0.4) is 0 Å². The number of ether oxygens (including phenoxy) is 1. The second-order valence-corrected chi connectivity index (χ2v) is 5.69. The Bertz CT molecular complexity index is 1040. The molecule has 6 nitrogen and oxygen atoms in total. The predicted molar refractivity (Wildman–Crippen MR) is 100 cm³/mol. The number of pyridine rings is 1. The van der Waals surface area contributed by atoms with Crippen LogP contribution >= 0.6 is 0 Å². The molecule has 6 heteroatoms. The van der Waals surface area contributed by atoms with Crippen molar-refractivity contribution in [1.29, 1.82) is 0 Å². The lowest BCUT2D eigenvalue weighted by molar-refractivity contribution is 0.102. The summed E-state index contributed by atoms with van der Waals surface area (Å²) in [7, 11) is 1.53. The molecule has 0 saturated carbocycles. The Morgan fingerprint density at radius 3 is 2.62 bits per heavy atom. The van der Waals surface area contributed by atoms with E-state index >= 15 is 0 Å². The number of hydrogen-bond acceptors (Lipinski definition) is 4. The highest BCUT2D eigenvalue weighted by Crippen LogP contribution is 2.27. The van der Waals surface area contributed by atoms with Crippen LogP contribution in [-0.2, 0) is 0 Å². The van der Waals surface area contributed by atoms with E-state index in [4.69, 9.17) is 4.74 Å². The highest BCUT2D eigenvalue weighted by molar-refractivity contribution is 6.06. The van der Waals surface area contributed by atoms with Gasteiger partial charge in [0.25, 0.3) is 5.91 Å². The summed E-state index contributed by atoms with van der Waals surface area (Å²) in [5, 5.41) is 2.93. The quantitative estimate of drug-likeness (QED) is 0.589. The van der Waals surface area contributed by atoms with Crippen LogP contribution in [0.2, 0.25) is 0 Å². The fourth-order valence-corrected chi connectivity index (χ4v) is 2.71. The molecule has 0 fully saturated rings. The molecule has 0 bridgehead atoms. The van der Waals surface area contributed by atoms with Gasteiger partial charge >= 0.3 is 0 Å². The number of amides is 1. The molecule has 1 amide bonds. The summed E-state index contributed by atoms with van der Waals surface area (Å²) in [6.45, 7) is 0. The van der Waals surface area contributed by atoms with Gasteiger partial charge in [0.2, 0.25) is 5.88 Å². The Kier molecular flexibility index (Phi) is 4.07. The first-order valence-electron chi connectivity index (χ1n) is 8.10. The number of nitrogens with one attached hydrogen (secondary N) is 2. The van der Waals surface area contributed by atoms with E-state index in [0.717, 1.165) is 16.6 Å². The van der Waals surface area contributed by atoms with E-state index < -0.39 is 0 Å². The molecule has 2 aromatic heterocycles. The summed E-state index contributed by atoms with van der Waals surface area (Å²) in [5.74, 6) is 0.919. The molecule has 26 heavy (non-hydrogen) atoms. The van der Waals surface area contributed by atoms with E-state index in [1.807, 2.05) is 48.5 Å². The van der Waals surface area contributed by atoms with Crippen LogP contribution < -0.4 is 10.1 Å². The van der Waals surface area contributed by atoms with Crippen LogP contribution in [0.5, 0.6) is 5.88 Å². The number of hydrogen-bond donors (Lipinski definition) is 2. The molecule has 0 saturated heterocycles. The summed E-state index contributed by atoms with van der Waals surface area (Å²) in [5.41, 5.74) is 3.77. The van der Waals surface area contributed by atoms with Gasteiger partial charge in [-0.05, 0) is 30.3 Å². The van der Waals surface area contributed by atoms with Crippen molar-refractivity contribution in [3.8, 4) is 17.3 Å². The van der Waals surface area contributed by atoms with Crippen molar-refractivity contribution in [2.24, 2.45) is 0 Å². The molecule has 0 aliphatic rings. The molecule has 128 valence electrons. The topological polar surface area (TPSA) is 79.9 Å². The number of carbonyl (C=O) groups excluding carboxylic acids is 1. The van der Waals surface area contributed by atoms with E-state index in [-0.39, 0.29) is 5.91 Å². The molecule has 0 aliphatic heterocycles. The third-order valence-electron chi connectivity index (χ3n) is 4.03. The monoisotopic (exact) mass is 344 g/mol. The molecule has 0 spiro atoms. The summed E-state index contributed by atoms with van der Waals surface area (Å²) >= 11 is 0. The average molecular weight is 344 g/mol. The Labute approximate surface area is 149 Å². The molecule has 4 aromatic rings. The van der Waals surface area contributed by atoms with Gasteiger partial charge in [-0.3, -0.25) is 4.79 Å². The third kappa shape index (κ3) is 3.00. The fraction of sp³-hybridized carbons (Fsp3) is 0.0500. The number of aromatic nitrogens is 3. The Morgan fingerprint density at radius 1 is 1.04 bits per heavy atom. The van der Waals surface area contributed by atoms with Crippen molar-refractivity contribution in [2.75, 3.05) is 12.4 Å². The smallest absolute Gasteiger partial charge is 0.257 e. The minimum atomic E-state index is -0.247.